The smallest absolute Gasteiger partial charge is 0.272 e. The summed E-state index contributed by atoms with van der Waals surface area (Å²) in [6, 6.07) is 7.64. The Morgan fingerprint density at radius 2 is 1.74 bits per heavy atom. The fourth-order valence-electron chi connectivity index (χ4n) is 3.04. The van der Waals surface area contributed by atoms with E-state index < -0.39 is 10.0 Å². The number of rotatable bonds is 4. The Balaban J connectivity index is 1.73. The first kappa shape index (κ1) is 20.2. The Morgan fingerprint density at radius 1 is 1.15 bits per heavy atom. The van der Waals surface area contributed by atoms with Crippen LogP contribution in [0.5, 0.6) is 0 Å². The third-order valence-electron chi connectivity index (χ3n) is 4.84. The topological polar surface area (TPSA) is 71.4 Å². The molecule has 27 heavy (non-hydrogen) atoms. The zero-order chi connectivity index (χ0) is 19.8. The minimum absolute atomic E-state index is 0.222. The van der Waals surface area contributed by atoms with Gasteiger partial charge in [-0.1, -0.05) is 30.1 Å². The summed E-state index contributed by atoms with van der Waals surface area (Å²) < 4.78 is 28.5. The summed E-state index contributed by atoms with van der Waals surface area (Å²) in [5, 5.41) is 3.29. The molecule has 0 unspecified atom stereocenters. The van der Waals surface area contributed by atoms with E-state index in [1.165, 1.54) is 27.1 Å². The Labute approximate surface area is 169 Å². The zero-order valence-corrected chi connectivity index (χ0v) is 17.4. The SMILES string of the molecule is CC1CCN(S(=O)(=O)c2ccc(NC(=O)c3cc(Cl)c(Cl)n3C)cc2)CC1. The van der Waals surface area contributed by atoms with Crippen LogP contribution in [0.1, 0.15) is 30.3 Å². The van der Waals surface area contributed by atoms with Crippen molar-refractivity contribution in [2.45, 2.75) is 24.7 Å². The van der Waals surface area contributed by atoms with Gasteiger partial charge in [0, 0.05) is 25.8 Å². The van der Waals surface area contributed by atoms with E-state index in [0.29, 0.717) is 35.4 Å². The second kappa shape index (κ2) is 7.83. The van der Waals surface area contributed by atoms with Gasteiger partial charge < -0.3 is 9.88 Å². The number of nitrogens with zero attached hydrogens (tertiary/aromatic N) is 2. The first-order valence-electron chi connectivity index (χ1n) is 8.62. The number of anilines is 1. The Morgan fingerprint density at radius 3 is 2.26 bits per heavy atom. The molecule has 1 fully saturated rings. The molecule has 2 heterocycles. The van der Waals surface area contributed by atoms with Gasteiger partial charge in [0.1, 0.15) is 10.8 Å². The lowest BCUT2D eigenvalue weighted by Gasteiger charge is -2.29. The van der Waals surface area contributed by atoms with E-state index in [0.717, 1.165) is 12.8 Å². The molecule has 0 radical (unpaired) electrons. The van der Waals surface area contributed by atoms with Gasteiger partial charge in [0.05, 0.1) is 9.92 Å². The second-order valence-corrected chi connectivity index (χ2v) is 9.50. The van der Waals surface area contributed by atoms with Gasteiger partial charge in [-0.2, -0.15) is 4.31 Å². The summed E-state index contributed by atoms with van der Waals surface area (Å²) in [5.74, 6) is 0.167. The monoisotopic (exact) mass is 429 g/mol. The zero-order valence-electron chi connectivity index (χ0n) is 15.1. The van der Waals surface area contributed by atoms with Crippen molar-refractivity contribution in [2.24, 2.45) is 13.0 Å². The lowest BCUT2D eigenvalue weighted by atomic mass is 10.0. The van der Waals surface area contributed by atoms with Crippen molar-refractivity contribution in [3.8, 4) is 0 Å². The first-order chi connectivity index (χ1) is 12.7. The van der Waals surface area contributed by atoms with Gasteiger partial charge in [-0.15, -0.1) is 0 Å². The third-order valence-corrected chi connectivity index (χ3v) is 7.60. The maximum atomic E-state index is 12.7. The van der Waals surface area contributed by atoms with Gasteiger partial charge in [-0.3, -0.25) is 4.79 Å². The predicted octanol–water partition coefficient (Wildman–Crippen LogP) is 4.00. The van der Waals surface area contributed by atoms with Crippen LogP contribution in [0, 0.1) is 5.92 Å². The molecule has 146 valence electrons. The largest absolute Gasteiger partial charge is 0.329 e. The molecule has 6 nitrogen and oxygen atoms in total. The van der Waals surface area contributed by atoms with Crippen LogP contribution < -0.4 is 5.32 Å². The van der Waals surface area contributed by atoms with E-state index in [1.54, 1.807) is 19.2 Å². The van der Waals surface area contributed by atoms with Crippen LogP contribution in [0.25, 0.3) is 0 Å². The van der Waals surface area contributed by atoms with Gasteiger partial charge in [0.2, 0.25) is 10.0 Å². The van der Waals surface area contributed by atoms with E-state index in [4.69, 9.17) is 23.2 Å². The summed E-state index contributed by atoms with van der Waals surface area (Å²) in [5.41, 5.74) is 0.795. The van der Waals surface area contributed by atoms with E-state index >= 15 is 0 Å². The van der Waals surface area contributed by atoms with Crippen LogP contribution in [-0.2, 0) is 17.1 Å². The fraction of sp³-hybridized carbons (Fsp3) is 0.389. The minimum atomic E-state index is -3.51. The molecule has 0 aliphatic carbocycles. The van der Waals surface area contributed by atoms with Crippen molar-refractivity contribution >= 4 is 44.8 Å². The number of piperidine rings is 1. The number of aromatic nitrogens is 1. The van der Waals surface area contributed by atoms with Crippen LogP contribution >= 0.6 is 23.2 Å². The maximum Gasteiger partial charge on any atom is 0.272 e. The van der Waals surface area contributed by atoms with Gasteiger partial charge in [-0.25, -0.2) is 8.42 Å². The number of halogens is 2. The summed E-state index contributed by atoms with van der Waals surface area (Å²) in [6.45, 7) is 3.21. The van der Waals surface area contributed by atoms with Gasteiger partial charge >= 0.3 is 0 Å². The molecule has 3 rings (SSSR count). The number of benzene rings is 1. The summed E-state index contributed by atoms with van der Waals surface area (Å²) in [4.78, 5) is 12.6. The van der Waals surface area contributed by atoms with Gasteiger partial charge in [0.15, 0.2) is 0 Å². The minimum Gasteiger partial charge on any atom is -0.329 e. The highest BCUT2D eigenvalue weighted by molar-refractivity contribution is 7.89. The van der Waals surface area contributed by atoms with Crippen molar-refractivity contribution in [2.75, 3.05) is 18.4 Å². The Hall–Kier alpha value is -1.54. The number of nitrogens with one attached hydrogen (secondary N) is 1. The average Bonchev–Trinajstić information content (AvgIpc) is 2.90. The molecule has 1 saturated heterocycles. The maximum absolute atomic E-state index is 12.7. The van der Waals surface area contributed by atoms with Crippen molar-refractivity contribution in [3.05, 3.63) is 46.2 Å². The van der Waals surface area contributed by atoms with Crippen LogP contribution in [-0.4, -0.2) is 36.3 Å². The van der Waals surface area contributed by atoms with Crippen LogP contribution in [0.3, 0.4) is 0 Å². The summed E-state index contributed by atoms with van der Waals surface area (Å²) in [6.07, 6.45) is 1.74. The molecule has 0 bridgehead atoms. The molecule has 1 aliphatic rings. The lowest BCUT2D eigenvalue weighted by Crippen LogP contribution is -2.37. The molecule has 0 atom stereocenters. The molecular weight excluding hydrogens is 409 g/mol. The van der Waals surface area contributed by atoms with Gasteiger partial charge in [0.25, 0.3) is 5.91 Å². The fourth-order valence-corrected chi connectivity index (χ4v) is 4.89. The van der Waals surface area contributed by atoms with E-state index in [9.17, 15) is 13.2 Å². The number of carbonyl (C=O) groups is 1. The number of hydrogen-bond acceptors (Lipinski definition) is 3. The van der Waals surface area contributed by atoms with Crippen LogP contribution in [0.2, 0.25) is 10.2 Å². The summed E-state index contributed by atoms with van der Waals surface area (Å²) in [7, 11) is -1.87. The molecule has 1 aromatic heterocycles. The van der Waals surface area contributed by atoms with Crippen molar-refractivity contribution in [1.29, 1.82) is 0 Å². The normalized spacial score (nSPS) is 16.4. The first-order valence-corrected chi connectivity index (χ1v) is 10.8. The highest BCUT2D eigenvalue weighted by Gasteiger charge is 2.28. The predicted molar refractivity (Wildman–Crippen MR) is 107 cm³/mol. The highest BCUT2D eigenvalue weighted by Crippen LogP contribution is 2.27. The van der Waals surface area contributed by atoms with Crippen molar-refractivity contribution in [3.63, 3.8) is 0 Å². The Kier molecular flexibility index (Phi) is 5.86. The molecule has 0 saturated carbocycles. The Bertz CT molecular complexity index is 947. The number of amides is 1. The molecule has 1 aromatic carbocycles. The molecule has 0 spiro atoms. The van der Waals surface area contributed by atoms with Crippen molar-refractivity contribution < 1.29 is 13.2 Å². The van der Waals surface area contributed by atoms with Crippen LogP contribution in [0.15, 0.2) is 35.2 Å². The highest BCUT2D eigenvalue weighted by atomic mass is 35.5. The number of carbonyl (C=O) groups excluding carboxylic acids is 1. The third kappa shape index (κ3) is 4.16. The second-order valence-electron chi connectivity index (χ2n) is 6.79. The standard InChI is InChI=1S/C18H21Cl2N3O3S/c1-12-7-9-23(10-8-12)27(25,26)14-5-3-13(4-6-14)21-18(24)16-11-15(19)17(20)22(16)2/h3-6,11-12H,7-10H2,1-2H3,(H,21,24). The van der Waals surface area contributed by atoms with E-state index in [2.05, 4.69) is 12.2 Å². The lowest BCUT2D eigenvalue weighted by molar-refractivity contribution is 0.101. The number of hydrogen-bond donors (Lipinski definition) is 1. The molecule has 9 heteroatoms. The summed E-state index contributed by atoms with van der Waals surface area (Å²) >= 11 is 11.9. The van der Waals surface area contributed by atoms with Gasteiger partial charge in [-0.05, 0) is 49.1 Å². The molecule has 2 aromatic rings. The molecule has 1 N–H and O–H groups in total. The van der Waals surface area contributed by atoms with Crippen molar-refractivity contribution in [1.82, 2.24) is 8.87 Å². The average molecular weight is 430 g/mol. The molecule has 1 aliphatic heterocycles. The van der Waals surface area contributed by atoms with Crippen LogP contribution in [0.4, 0.5) is 5.69 Å². The van der Waals surface area contributed by atoms with E-state index in [1.807, 2.05) is 0 Å². The number of sulfonamides is 1. The molecule has 1 amide bonds. The quantitative estimate of drug-likeness (QED) is 0.797. The van der Waals surface area contributed by atoms with E-state index in [-0.39, 0.29) is 16.0 Å². The molecular formula is C18H21Cl2N3O3S.